The van der Waals surface area contributed by atoms with Crippen LogP contribution in [0.3, 0.4) is 0 Å². The molecule has 0 saturated carbocycles. The molecule has 0 spiro atoms. The maximum absolute atomic E-state index is 12.7. The number of sulfone groups is 3. The van der Waals surface area contributed by atoms with Gasteiger partial charge in [-0.3, -0.25) is 28.8 Å². The summed E-state index contributed by atoms with van der Waals surface area (Å²) in [7, 11) is -10.6. The summed E-state index contributed by atoms with van der Waals surface area (Å²) in [6, 6.07) is 60.4. The van der Waals surface area contributed by atoms with E-state index >= 15 is 0 Å². The van der Waals surface area contributed by atoms with E-state index in [1.165, 1.54) is 61.4 Å². The number of alkyl halides is 2. The second kappa shape index (κ2) is 43.0. The summed E-state index contributed by atoms with van der Waals surface area (Å²) in [5.74, 6) is 6.62. The first-order chi connectivity index (χ1) is 56.1. The predicted molar refractivity (Wildman–Crippen MR) is 457 cm³/mol. The molecule has 15 rings (SSSR count). The molecule has 0 bridgehead atoms. The first kappa shape index (κ1) is 89.4. The molecule has 0 saturated heterocycles. The third-order valence-electron chi connectivity index (χ3n) is 17.4. The van der Waals surface area contributed by atoms with Crippen LogP contribution in [0.5, 0.6) is 57.5 Å². The number of thioether (sulfide) groups is 2. The molecule has 5 aliphatic heterocycles. The number of carbonyl (C=O) groups excluding carboxylic acids is 6. The van der Waals surface area contributed by atoms with E-state index in [1.807, 2.05) is 84.9 Å². The topological polar surface area (TPSA) is 297 Å². The van der Waals surface area contributed by atoms with Crippen molar-refractivity contribution in [3.8, 4) is 57.5 Å². The van der Waals surface area contributed by atoms with E-state index in [2.05, 4.69) is 44.5 Å². The number of hydrogen-bond acceptors (Lipinski definition) is 25. The molecule has 22 nitrogen and oxygen atoms in total. The lowest BCUT2D eigenvalue weighted by atomic mass is 10.1. The molecule has 0 atom stereocenters. The van der Waals surface area contributed by atoms with Gasteiger partial charge in [0, 0.05) is 73.8 Å². The van der Waals surface area contributed by atoms with Gasteiger partial charge in [-0.1, -0.05) is 165 Å². The van der Waals surface area contributed by atoms with E-state index in [9.17, 15) is 54.0 Å². The fourth-order valence-corrected chi connectivity index (χ4v) is 17.6. The zero-order chi connectivity index (χ0) is 83.7. The van der Waals surface area contributed by atoms with Gasteiger partial charge in [0.05, 0.1) is 43.0 Å². The number of fused-ring (bicyclic) bond motifs is 5. The van der Waals surface area contributed by atoms with Crippen LogP contribution in [0.4, 0.5) is 0 Å². The van der Waals surface area contributed by atoms with Gasteiger partial charge in [0.1, 0.15) is 66.1 Å². The maximum atomic E-state index is 12.7. The number of rotatable bonds is 21. The third-order valence-corrected chi connectivity index (χ3v) is 25.8. The van der Waals surface area contributed by atoms with Crippen LogP contribution in [0.1, 0.15) is 107 Å². The van der Waals surface area contributed by atoms with Crippen molar-refractivity contribution in [2.45, 2.75) is 80.5 Å². The van der Waals surface area contributed by atoms with E-state index in [1.54, 1.807) is 117 Å². The summed E-state index contributed by atoms with van der Waals surface area (Å²) in [6.07, 6.45) is 0. The average molecular weight is 1830 g/mol. The molecule has 612 valence electrons. The number of Topliss-reactive ketones (excluding diaryl/α,β-unsaturated/α-hetero) is 5. The van der Waals surface area contributed by atoms with Crippen molar-refractivity contribution in [1.29, 1.82) is 0 Å². The second-order valence-corrected chi connectivity index (χ2v) is 36.0. The van der Waals surface area contributed by atoms with Gasteiger partial charge < -0.3 is 47.4 Å². The summed E-state index contributed by atoms with van der Waals surface area (Å²) in [5.41, 5.74) is 7.29. The van der Waals surface area contributed by atoms with E-state index < -0.39 is 29.5 Å². The van der Waals surface area contributed by atoms with Gasteiger partial charge >= 0.3 is 0 Å². The van der Waals surface area contributed by atoms with Gasteiger partial charge in [0.2, 0.25) is 0 Å². The Kier molecular flexibility index (Phi) is 32.9. The largest absolute Gasteiger partial charge is 0.486 e. The Morgan fingerprint density at radius 3 is 0.932 bits per heavy atom. The number of carbonyl (C=O) groups is 6. The number of benzene rings is 10. The van der Waals surface area contributed by atoms with Crippen molar-refractivity contribution in [3.63, 3.8) is 0 Å². The molecule has 0 aromatic heterocycles. The third kappa shape index (κ3) is 26.8. The van der Waals surface area contributed by atoms with Crippen LogP contribution < -0.4 is 47.4 Å². The molecule has 5 aliphatic rings. The van der Waals surface area contributed by atoms with Gasteiger partial charge in [-0.2, -0.15) is 0 Å². The van der Waals surface area contributed by atoms with Crippen LogP contribution in [-0.4, -0.2) is 136 Å². The highest BCUT2D eigenvalue weighted by atomic mass is 79.9. The Morgan fingerprint density at radius 1 is 0.325 bits per heavy atom. The molecule has 0 unspecified atom stereocenters. The van der Waals surface area contributed by atoms with Crippen molar-refractivity contribution in [2.24, 2.45) is 0 Å². The predicted octanol–water partition coefficient (Wildman–Crippen LogP) is 17.0. The highest BCUT2D eigenvalue weighted by molar-refractivity contribution is 9.09. The monoisotopic (exact) mass is 1830 g/mol. The SMILES string of the molecule is CC(=O)SCC(=O)c1ccc(CS(=O)(=O)c2ccc3c(c2)OCCO3)cc1.CC(=O)c1ccc(CBr)cc1.CC(=O)c1ccc(CS(=O)(=O)c2ccc3c(c2)OCCO3)cc1.CC(=O)c1ccc(CSc2ccc3c(c2)OCCO3)cc1.O=C(CBr)c1ccc(CS(=O)(=O)c2ccc3c(c2)OCCO3)cc1.Sc1ccc2c(c1)OCCO2. The van der Waals surface area contributed by atoms with Gasteiger partial charge in [-0.05, 0) is 121 Å². The maximum Gasteiger partial charge on any atom is 0.186 e. The minimum absolute atomic E-state index is 0.0451. The van der Waals surface area contributed by atoms with Crippen molar-refractivity contribution < 1.29 is 101 Å². The number of halogens is 2. The Morgan fingerprint density at radius 2 is 0.607 bits per heavy atom. The minimum Gasteiger partial charge on any atom is -0.486 e. The van der Waals surface area contributed by atoms with Crippen LogP contribution in [0.15, 0.2) is 237 Å². The summed E-state index contributed by atoms with van der Waals surface area (Å²) in [4.78, 5) is 70.4. The van der Waals surface area contributed by atoms with Gasteiger partial charge in [-0.25, -0.2) is 25.3 Å². The first-order valence-corrected chi connectivity index (χ1v) is 46.0. The number of hydrogen-bond donors (Lipinski definition) is 1. The molecule has 0 fully saturated rings. The summed E-state index contributed by atoms with van der Waals surface area (Å²) >= 11 is 13.3. The molecule has 0 aliphatic carbocycles. The Balaban J connectivity index is 0.000000152. The minimum atomic E-state index is -3.57. The van der Waals surface area contributed by atoms with Crippen LogP contribution in [0.25, 0.3) is 0 Å². The van der Waals surface area contributed by atoms with Crippen molar-refractivity contribution >= 4 is 132 Å². The average Bonchev–Trinajstić information content (AvgIpc) is 0.772. The van der Waals surface area contributed by atoms with Crippen LogP contribution >= 0.6 is 68.0 Å². The van der Waals surface area contributed by atoms with E-state index in [0.717, 1.165) is 66.8 Å². The Hall–Kier alpha value is -9.92. The van der Waals surface area contributed by atoms with Crippen LogP contribution in [-0.2, 0) is 62.6 Å². The molecule has 0 N–H and O–H groups in total. The van der Waals surface area contributed by atoms with Crippen molar-refractivity contribution in [2.75, 3.05) is 77.2 Å². The first-order valence-electron chi connectivity index (χ1n) is 36.4. The molecular formula is C87H82Br2O22S6. The normalized spacial score (nSPS) is 13.1. The summed E-state index contributed by atoms with van der Waals surface area (Å²) < 4.78 is 130. The fourth-order valence-electron chi connectivity index (χ4n) is 11.3. The van der Waals surface area contributed by atoms with Gasteiger partial charge in [0.15, 0.2) is 121 Å². The lowest BCUT2D eigenvalue weighted by Gasteiger charge is -2.18. The molecule has 30 heteroatoms. The molecule has 10 aromatic carbocycles. The molecule has 5 heterocycles. The summed E-state index contributed by atoms with van der Waals surface area (Å²) in [6.45, 7) is 11.1. The quantitative estimate of drug-likeness (QED) is 0.0302. The van der Waals surface area contributed by atoms with Crippen molar-refractivity contribution in [3.05, 3.63) is 268 Å². The van der Waals surface area contributed by atoms with Gasteiger partial charge in [0.25, 0.3) is 0 Å². The second-order valence-electron chi connectivity index (χ2n) is 26.2. The number of ketones is 5. The fraction of sp³-hybridized carbons (Fsp3) is 0.241. The number of thiol groups is 1. The Labute approximate surface area is 710 Å². The lowest BCUT2D eigenvalue weighted by molar-refractivity contribution is -0.109. The zero-order valence-electron chi connectivity index (χ0n) is 64.0. The van der Waals surface area contributed by atoms with Gasteiger partial charge in [-0.15, -0.1) is 24.4 Å². The van der Waals surface area contributed by atoms with E-state index in [4.69, 9.17) is 47.4 Å². The van der Waals surface area contributed by atoms with Crippen molar-refractivity contribution in [1.82, 2.24) is 0 Å². The smallest absolute Gasteiger partial charge is 0.186 e. The molecule has 117 heavy (non-hydrogen) atoms. The zero-order valence-corrected chi connectivity index (χ0v) is 72.1. The summed E-state index contributed by atoms with van der Waals surface area (Å²) in [5, 5.41) is 0.957. The highest BCUT2D eigenvalue weighted by Gasteiger charge is 2.25. The molecule has 0 radical (unpaired) electrons. The lowest BCUT2D eigenvalue weighted by Crippen LogP contribution is -2.16. The standard InChI is InChI=1S/C19H18O6S2.C17H15BrO5S.C17H16O5S.C17H16O3S.C9H9BrO.C8H8O2S/c1-13(20)26-11-17(21)15-4-2-14(3-5-15)12-27(22,23)16-6-7-18-19(10-16)25-9-8-24-18;18-10-15(19)13-3-1-12(2-4-13)11-24(20,21)14-5-6-16-17(9-14)23-8-7-22-16;1-12(18)14-4-2-13(3-5-14)11-23(19,20)15-6-7-16-17(10-15)22-9-8-21-16;1-12(18)14-4-2-13(3-5-14)11-21-15-6-7-16-17(10-15)20-9-8-19-16;1-7(11)9-4-2-8(6-10)3-5-9;11-6-1-2-7-8(5-6)10-4-3-9-7/h2-7,10H,8-9,11-12H2,1H3;1-6,9H,7-8,10-11H2;2-7,10H,8-9,11H2,1H3;2-7,10H,8-9,11H2,1H3;2-5H,6H2,1H3;1-2,5,11H,3-4H2. The van der Waals surface area contributed by atoms with Crippen LogP contribution in [0, 0.1) is 0 Å². The molecule has 10 aromatic rings. The highest BCUT2D eigenvalue weighted by Crippen LogP contribution is 2.39. The molecular weight excluding hydrogens is 1750 g/mol. The Bertz CT molecular complexity index is 5540. The van der Waals surface area contributed by atoms with E-state index in [0.29, 0.717) is 134 Å². The van der Waals surface area contributed by atoms with E-state index in [-0.39, 0.29) is 77.1 Å². The molecule has 0 amide bonds. The van der Waals surface area contributed by atoms with Crippen LogP contribution in [0.2, 0.25) is 0 Å². The number of ether oxygens (including phenoxy) is 10.